The van der Waals surface area contributed by atoms with Crippen LogP contribution in [0.3, 0.4) is 0 Å². The standard InChI is InChI=1S/C17H30N4O/c1-17(2,3)13-8-6-12(7-9-13)16(22)18-15-10-14(19-20-15)11-21(4)5/h10,12-13H,6-9,11H2,1-5H3,(H2,18,19,20,22). The second-order valence-electron chi connectivity index (χ2n) is 7.92. The Hall–Kier alpha value is -1.36. The summed E-state index contributed by atoms with van der Waals surface area (Å²) in [4.78, 5) is 14.4. The summed E-state index contributed by atoms with van der Waals surface area (Å²) < 4.78 is 0. The largest absolute Gasteiger partial charge is 0.309 e. The van der Waals surface area contributed by atoms with Gasteiger partial charge in [-0.1, -0.05) is 20.8 Å². The molecule has 1 aliphatic carbocycles. The number of carbonyl (C=O) groups excluding carboxylic acids is 1. The van der Waals surface area contributed by atoms with Gasteiger partial charge in [0.1, 0.15) is 0 Å². The zero-order valence-corrected chi connectivity index (χ0v) is 14.6. The normalized spacial score (nSPS) is 22.8. The highest BCUT2D eigenvalue weighted by Gasteiger charge is 2.32. The van der Waals surface area contributed by atoms with E-state index in [9.17, 15) is 4.79 Å². The maximum atomic E-state index is 12.4. The Balaban J connectivity index is 1.84. The zero-order chi connectivity index (χ0) is 16.3. The van der Waals surface area contributed by atoms with Crippen LogP contribution in [0.2, 0.25) is 0 Å². The number of aromatic nitrogens is 2. The fourth-order valence-electron chi connectivity index (χ4n) is 3.30. The van der Waals surface area contributed by atoms with E-state index in [1.54, 1.807) is 0 Å². The summed E-state index contributed by atoms with van der Waals surface area (Å²) in [7, 11) is 4.01. The van der Waals surface area contributed by atoms with Crippen LogP contribution in [0.5, 0.6) is 0 Å². The van der Waals surface area contributed by atoms with Crippen LogP contribution in [-0.2, 0) is 11.3 Å². The number of rotatable bonds is 4. The summed E-state index contributed by atoms with van der Waals surface area (Å²) in [6.07, 6.45) is 4.27. The zero-order valence-electron chi connectivity index (χ0n) is 14.6. The molecule has 1 heterocycles. The predicted molar refractivity (Wildman–Crippen MR) is 89.5 cm³/mol. The minimum atomic E-state index is 0.121. The molecule has 5 nitrogen and oxygen atoms in total. The lowest BCUT2D eigenvalue weighted by Crippen LogP contribution is -2.31. The number of hydrogen-bond acceptors (Lipinski definition) is 3. The molecular weight excluding hydrogens is 276 g/mol. The van der Waals surface area contributed by atoms with E-state index in [1.807, 2.05) is 20.2 Å². The maximum Gasteiger partial charge on any atom is 0.228 e. The minimum absolute atomic E-state index is 0.121. The van der Waals surface area contributed by atoms with Crippen molar-refractivity contribution in [3.8, 4) is 0 Å². The molecule has 0 bridgehead atoms. The van der Waals surface area contributed by atoms with Crippen molar-refractivity contribution in [2.75, 3.05) is 19.4 Å². The quantitative estimate of drug-likeness (QED) is 0.897. The highest BCUT2D eigenvalue weighted by atomic mass is 16.1. The van der Waals surface area contributed by atoms with Gasteiger partial charge in [-0.15, -0.1) is 0 Å². The number of carbonyl (C=O) groups is 1. The van der Waals surface area contributed by atoms with E-state index >= 15 is 0 Å². The number of H-pyrrole nitrogens is 1. The first kappa shape index (κ1) is 17.0. The summed E-state index contributed by atoms with van der Waals surface area (Å²) in [5.41, 5.74) is 1.36. The van der Waals surface area contributed by atoms with E-state index in [4.69, 9.17) is 0 Å². The Kier molecular flexibility index (Phi) is 5.27. The van der Waals surface area contributed by atoms with Crippen molar-refractivity contribution in [3.63, 3.8) is 0 Å². The number of anilines is 1. The molecule has 1 saturated carbocycles. The van der Waals surface area contributed by atoms with E-state index in [0.29, 0.717) is 11.2 Å². The molecular formula is C17H30N4O. The highest BCUT2D eigenvalue weighted by Crippen LogP contribution is 2.40. The molecule has 0 aromatic carbocycles. The topological polar surface area (TPSA) is 61.0 Å². The Morgan fingerprint density at radius 3 is 2.50 bits per heavy atom. The molecule has 2 N–H and O–H groups in total. The van der Waals surface area contributed by atoms with Gasteiger partial charge in [0.05, 0.1) is 5.69 Å². The van der Waals surface area contributed by atoms with Gasteiger partial charge in [0, 0.05) is 18.5 Å². The van der Waals surface area contributed by atoms with Gasteiger partial charge in [-0.05, 0) is 51.1 Å². The van der Waals surface area contributed by atoms with Crippen LogP contribution >= 0.6 is 0 Å². The van der Waals surface area contributed by atoms with Crippen molar-refractivity contribution in [1.29, 1.82) is 0 Å². The predicted octanol–water partition coefficient (Wildman–Crippen LogP) is 3.26. The van der Waals surface area contributed by atoms with Crippen LogP contribution in [0.15, 0.2) is 6.07 Å². The lowest BCUT2D eigenvalue weighted by Gasteiger charge is -2.36. The van der Waals surface area contributed by atoms with Gasteiger partial charge in [0.25, 0.3) is 0 Å². The van der Waals surface area contributed by atoms with Crippen LogP contribution in [0, 0.1) is 17.3 Å². The summed E-state index contributed by atoms with van der Waals surface area (Å²) in [6.45, 7) is 7.69. The van der Waals surface area contributed by atoms with Gasteiger partial charge in [0.2, 0.25) is 5.91 Å². The summed E-state index contributed by atoms with van der Waals surface area (Å²) >= 11 is 0. The molecule has 124 valence electrons. The van der Waals surface area contributed by atoms with Gasteiger partial charge < -0.3 is 10.2 Å². The Labute approximate surface area is 133 Å². The van der Waals surface area contributed by atoms with Crippen molar-refractivity contribution >= 4 is 11.7 Å². The molecule has 2 rings (SSSR count). The molecule has 0 atom stereocenters. The van der Waals surface area contributed by atoms with Crippen molar-refractivity contribution in [2.24, 2.45) is 17.3 Å². The van der Waals surface area contributed by atoms with Gasteiger partial charge in [-0.25, -0.2) is 0 Å². The second kappa shape index (κ2) is 6.82. The highest BCUT2D eigenvalue weighted by molar-refractivity contribution is 5.91. The number of nitrogens with zero attached hydrogens (tertiary/aromatic N) is 2. The molecule has 22 heavy (non-hydrogen) atoms. The third-order valence-electron chi connectivity index (χ3n) is 4.69. The third kappa shape index (κ3) is 4.57. The van der Waals surface area contributed by atoms with Gasteiger partial charge in [-0.3, -0.25) is 9.89 Å². The molecule has 0 radical (unpaired) electrons. The fraction of sp³-hybridized carbons (Fsp3) is 0.765. The van der Waals surface area contributed by atoms with Crippen LogP contribution in [0.4, 0.5) is 5.82 Å². The Morgan fingerprint density at radius 1 is 1.32 bits per heavy atom. The third-order valence-corrected chi connectivity index (χ3v) is 4.69. The van der Waals surface area contributed by atoms with Crippen LogP contribution in [0.25, 0.3) is 0 Å². The molecule has 0 saturated heterocycles. The molecule has 5 heteroatoms. The Bertz CT molecular complexity index is 493. The smallest absolute Gasteiger partial charge is 0.228 e. The van der Waals surface area contributed by atoms with Gasteiger partial charge >= 0.3 is 0 Å². The number of amides is 1. The molecule has 1 aliphatic rings. The monoisotopic (exact) mass is 306 g/mol. The molecule has 0 spiro atoms. The first-order chi connectivity index (χ1) is 10.3. The fourth-order valence-corrected chi connectivity index (χ4v) is 3.30. The lowest BCUT2D eigenvalue weighted by molar-refractivity contribution is -0.121. The number of aromatic amines is 1. The van der Waals surface area contributed by atoms with Gasteiger partial charge in [-0.2, -0.15) is 5.10 Å². The average Bonchev–Trinajstić information content (AvgIpc) is 2.84. The Morgan fingerprint density at radius 2 is 1.95 bits per heavy atom. The number of hydrogen-bond donors (Lipinski definition) is 2. The molecule has 1 fully saturated rings. The van der Waals surface area contributed by atoms with Crippen LogP contribution < -0.4 is 5.32 Å². The van der Waals surface area contributed by atoms with Crippen LogP contribution in [0.1, 0.15) is 52.1 Å². The van der Waals surface area contributed by atoms with Crippen molar-refractivity contribution in [2.45, 2.75) is 53.0 Å². The summed E-state index contributed by atoms with van der Waals surface area (Å²) in [5, 5.41) is 10.1. The maximum absolute atomic E-state index is 12.4. The van der Waals surface area contributed by atoms with Crippen LogP contribution in [-0.4, -0.2) is 35.1 Å². The van der Waals surface area contributed by atoms with E-state index in [0.717, 1.165) is 43.8 Å². The molecule has 1 aromatic heterocycles. The van der Waals surface area contributed by atoms with E-state index in [-0.39, 0.29) is 11.8 Å². The average molecular weight is 306 g/mol. The first-order valence-corrected chi connectivity index (χ1v) is 8.25. The first-order valence-electron chi connectivity index (χ1n) is 8.25. The molecule has 1 amide bonds. The van der Waals surface area contributed by atoms with Crippen molar-refractivity contribution in [3.05, 3.63) is 11.8 Å². The van der Waals surface area contributed by atoms with Crippen molar-refractivity contribution in [1.82, 2.24) is 15.1 Å². The molecule has 0 unspecified atom stereocenters. The minimum Gasteiger partial charge on any atom is -0.309 e. The number of nitrogens with one attached hydrogen (secondary N) is 2. The van der Waals surface area contributed by atoms with Crippen molar-refractivity contribution < 1.29 is 4.79 Å². The SMILES string of the molecule is CN(C)Cc1cc(NC(=O)C2CCC(C(C)(C)C)CC2)n[nH]1. The van der Waals surface area contributed by atoms with Gasteiger partial charge in [0.15, 0.2) is 5.82 Å². The van der Waals surface area contributed by atoms with E-state index in [1.165, 1.54) is 0 Å². The summed E-state index contributed by atoms with van der Waals surface area (Å²) in [5.74, 6) is 1.62. The second-order valence-corrected chi connectivity index (χ2v) is 7.92. The van der Waals surface area contributed by atoms with E-state index < -0.39 is 0 Å². The summed E-state index contributed by atoms with van der Waals surface area (Å²) in [6, 6.07) is 1.92. The molecule has 1 aromatic rings. The molecule has 0 aliphatic heterocycles. The lowest BCUT2D eigenvalue weighted by atomic mass is 9.70. The van der Waals surface area contributed by atoms with E-state index in [2.05, 4.69) is 41.2 Å².